The minimum absolute atomic E-state index is 0.139. The third-order valence-electron chi connectivity index (χ3n) is 3.67. The van der Waals surface area contributed by atoms with Gasteiger partial charge in [-0.15, -0.1) is 6.42 Å². The molecule has 116 valence electrons. The molecule has 2 aromatic rings. The smallest absolute Gasteiger partial charge is 0.270 e. The number of anilines is 1. The lowest BCUT2D eigenvalue weighted by molar-refractivity contribution is 0.512. The molecule has 1 N–H and O–H groups in total. The molecule has 1 aromatic carbocycles. The van der Waals surface area contributed by atoms with Crippen LogP contribution in [0.15, 0.2) is 42.6 Å². The first kappa shape index (κ1) is 15.1. The predicted molar refractivity (Wildman–Crippen MR) is 90.0 cm³/mol. The van der Waals surface area contributed by atoms with E-state index in [1.807, 2.05) is 0 Å². The number of aliphatic hydroxyl groups is 1. The highest BCUT2D eigenvalue weighted by Gasteiger charge is 2.39. The number of sulfonamides is 1. The lowest BCUT2D eigenvalue weighted by Gasteiger charge is -2.29. The number of aliphatic hydroxyl groups excluding tert-OH is 1. The first-order valence-corrected chi connectivity index (χ1v) is 8.33. The van der Waals surface area contributed by atoms with Crippen LogP contribution in [0, 0.1) is 19.3 Å². The van der Waals surface area contributed by atoms with Crippen molar-refractivity contribution in [2.24, 2.45) is 0 Å². The van der Waals surface area contributed by atoms with Crippen molar-refractivity contribution < 1.29 is 13.5 Å². The van der Waals surface area contributed by atoms with Crippen molar-refractivity contribution in [3.8, 4) is 12.3 Å². The molecule has 1 aliphatic rings. The second-order valence-electron chi connectivity index (χ2n) is 5.08. The molecule has 0 saturated heterocycles. The Morgan fingerprint density at radius 2 is 1.91 bits per heavy atom. The average Bonchev–Trinajstić information content (AvgIpc) is 2.53. The van der Waals surface area contributed by atoms with E-state index in [4.69, 9.17) is 6.42 Å². The molecule has 0 atom stereocenters. The van der Waals surface area contributed by atoms with Gasteiger partial charge in [-0.05, 0) is 24.6 Å². The highest BCUT2D eigenvalue weighted by Crippen LogP contribution is 2.41. The highest BCUT2D eigenvalue weighted by atomic mass is 32.2. The van der Waals surface area contributed by atoms with E-state index in [0.717, 1.165) is 9.87 Å². The summed E-state index contributed by atoms with van der Waals surface area (Å²) in [5, 5.41) is 10.6. The molecule has 3 rings (SSSR count). The molecule has 23 heavy (non-hydrogen) atoms. The molecule has 0 radical (unpaired) electrons. The van der Waals surface area contributed by atoms with E-state index in [9.17, 15) is 13.5 Å². The number of aromatic nitrogens is 1. The number of hydrogen-bond acceptors (Lipinski definition) is 4. The second-order valence-corrected chi connectivity index (χ2v) is 6.88. The van der Waals surface area contributed by atoms with Gasteiger partial charge in [0.25, 0.3) is 10.0 Å². The van der Waals surface area contributed by atoms with Crippen LogP contribution in [0.3, 0.4) is 0 Å². The lowest BCUT2D eigenvalue weighted by Crippen LogP contribution is -2.36. The van der Waals surface area contributed by atoms with Crippen LogP contribution >= 0.6 is 0 Å². The van der Waals surface area contributed by atoms with E-state index >= 15 is 0 Å². The van der Waals surface area contributed by atoms with Gasteiger partial charge < -0.3 is 5.11 Å². The topological polar surface area (TPSA) is 70.5 Å². The van der Waals surface area contributed by atoms with Gasteiger partial charge >= 0.3 is 0 Å². The first-order chi connectivity index (χ1) is 11.0. The molecule has 6 heteroatoms. The minimum atomic E-state index is -4.01. The number of terminal acetylenes is 1. The van der Waals surface area contributed by atoms with Crippen molar-refractivity contribution in [2.75, 3.05) is 10.8 Å². The SMILES string of the molecule is C#CCN1c2ncccc2C(O)=C(c2ccccc2C)S1(=O)=O. The second kappa shape index (κ2) is 5.45. The Morgan fingerprint density at radius 1 is 1.22 bits per heavy atom. The van der Waals surface area contributed by atoms with Gasteiger partial charge in [-0.2, -0.15) is 0 Å². The summed E-state index contributed by atoms with van der Waals surface area (Å²) in [4.78, 5) is 3.93. The molecule has 1 aliphatic heterocycles. The van der Waals surface area contributed by atoms with Gasteiger partial charge in [0, 0.05) is 11.8 Å². The van der Waals surface area contributed by atoms with Crippen LogP contribution in [-0.4, -0.2) is 25.1 Å². The Morgan fingerprint density at radius 3 is 2.61 bits per heavy atom. The fraction of sp³-hybridized carbons (Fsp3) is 0.118. The molecule has 0 aliphatic carbocycles. The zero-order valence-corrected chi connectivity index (χ0v) is 13.2. The Balaban J connectivity index is 2.39. The molecular weight excluding hydrogens is 312 g/mol. The molecule has 0 unspecified atom stereocenters. The summed E-state index contributed by atoms with van der Waals surface area (Å²) < 4.78 is 27.0. The van der Waals surface area contributed by atoms with Gasteiger partial charge in [0.05, 0.1) is 12.1 Å². The van der Waals surface area contributed by atoms with Crippen molar-refractivity contribution in [1.29, 1.82) is 0 Å². The van der Waals surface area contributed by atoms with Gasteiger partial charge in [-0.1, -0.05) is 30.2 Å². The number of aryl methyl sites for hydroxylation is 1. The third-order valence-corrected chi connectivity index (χ3v) is 5.48. The lowest BCUT2D eigenvalue weighted by atomic mass is 10.1. The Kier molecular flexibility index (Phi) is 3.58. The Bertz CT molecular complexity index is 956. The number of nitrogens with zero attached hydrogens (tertiary/aromatic N) is 2. The minimum Gasteiger partial charge on any atom is -0.506 e. The zero-order valence-electron chi connectivity index (χ0n) is 12.4. The number of pyridine rings is 1. The summed E-state index contributed by atoms with van der Waals surface area (Å²) in [6.07, 6.45) is 6.79. The fourth-order valence-electron chi connectivity index (χ4n) is 2.59. The summed E-state index contributed by atoms with van der Waals surface area (Å²) in [5.74, 6) is 2.17. The van der Waals surface area contributed by atoms with Crippen LogP contribution in [0.1, 0.15) is 16.7 Å². The van der Waals surface area contributed by atoms with E-state index < -0.39 is 10.0 Å². The van der Waals surface area contributed by atoms with Gasteiger partial charge in [0.2, 0.25) is 0 Å². The van der Waals surface area contributed by atoms with E-state index in [0.29, 0.717) is 11.1 Å². The van der Waals surface area contributed by atoms with Gasteiger partial charge in [-0.25, -0.2) is 17.7 Å². The molecule has 2 heterocycles. The molecule has 0 fully saturated rings. The Hall–Kier alpha value is -2.78. The van der Waals surface area contributed by atoms with Gasteiger partial charge in [0.15, 0.2) is 5.82 Å². The van der Waals surface area contributed by atoms with Crippen LogP contribution in [-0.2, 0) is 10.0 Å². The molecule has 0 amide bonds. The fourth-order valence-corrected chi connectivity index (χ4v) is 4.29. The van der Waals surface area contributed by atoms with Crippen molar-refractivity contribution in [3.63, 3.8) is 0 Å². The standard InChI is InChI=1S/C17H14N2O3S/c1-3-11-19-17-14(9-6-10-18-17)15(20)16(23(19,21)22)13-8-5-4-7-12(13)2/h1,4-10,20H,11H2,2H3. The molecule has 0 bridgehead atoms. The summed E-state index contributed by atoms with van der Waals surface area (Å²) in [6.45, 7) is 1.63. The first-order valence-electron chi connectivity index (χ1n) is 6.89. The largest absolute Gasteiger partial charge is 0.506 e. The van der Waals surface area contributed by atoms with Gasteiger partial charge in [0.1, 0.15) is 10.7 Å². The van der Waals surface area contributed by atoms with E-state index in [1.54, 1.807) is 43.3 Å². The molecule has 0 spiro atoms. The number of fused-ring (bicyclic) bond motifs is 1. The molecule has 0 saturated carbocycles. The monoisotopic (exact) mass is 326 g/mol. The predicted octanol–water partition coefficient (Wildman–Crippen LogP) is 2.56. The zero-order chi connectivity index (χ0) is 16.6. The maximum Gasteiger partial charge on any atom is 0.270 e. The average molecular weight is 326 g/mol. The maximum absolute atomic E-state index is 13.0. The summed E-state index contributed by atoms with van der Waals surface area (Å²) in [5.41, 5.74) is 1.53. The van der Waals surface area contributed by atoms with Crippen LogP contribution in [0.5, 0.6) is 0 Å². The van der Waals surface area contributed by atoms with E-state index in [2.05, 4.69) is 10.9 Å². The summed E-state index contributed by atoms with van der Waals surface area (Å²) in [7, 11) is -4.01. The van der Waals surface area contributed by atoms with Crippen LogP contribution in [0.4, 0.5) is 5.82 Å². The van der Waals surface area contributed by atoms with Crippen LogP contribution < -0.4 is 4.31 Å². The van der Waals surface area contributed by atoms with Crippen molar-refractivity contribution in [1.82, 2.24) is 4.98 Å². The van der Waals surface area contributed by atoms with Crippen LogP contribution in [0.2, 0.25) is 0 Å². The molecular formula is C17H14N2O3S. The number of rotatable bonds is 2. The summed E-state index contributed by atoms with van der Waals surface area (Å²) in [6, 6.07) is 10.2. The molecule has 5 nitrogen and oxygen atoms in total. The van der Waals surface area contributed by atoms with Crippen molar-refractivity contribution >= 4 is 26.5 Å². The summed E-state index contributed by atoms with van der Waals surface area (Å²) >= 11 is 0. The van der Waals surface area contributed by atoms with E-state index in [-0.39, 0.29) is 23.0 Å². The van der Waals surface area contributed by atoms with Crippen LogP contribution in [0.25, 0.3) is 10.7 Å². The third kappa shape index (κ3) is 2.26. The quantitative estimate of drug-likeness (QED) is 0.861. The molecule has 1 aromatic heterocycles. The Labute approximate surface area is 135 Å². The number of hydrogen-bond donors (Lipinski definition) is 1. The highest BCUT2D eigenvalue weighted by molar-refractivity contribution is 8.02. The number of benzene rings is 1. The normalized spacial score (nSPS) is 15.9. The van der Waals surface area contributed by atoms with Crippen molar-refractivity contribution in [3.05, 3.63) is 59.3 Å². The van der Waals surface area contributed by atoms with Gasteiger partial charge in [-0.3, -0.25) is 0 Å². The maximum atomic E-state index is 13.0. The van der Waals surface area contributed by atoms with Crippen molar-refractivity contribution in [2.45, 2.75) is 6.92 Å². The van der Waals surface area contributed by atoms with E-state index in [1.165, 1.54) is 6.20 Å².